The Hall–Kier alpha value is -1.88. The Morgan fingerprint density at radius 3 is 2.75 bits per heavy atom. The molecule has 2 aromatic rings. The molecule has 0 fully saturated rings. The molecule has 0 radical (unpaired) electrons. The molecule has 0 unspecified atom stereocenters. The van der Waals surface area contributed by atoms with Gasteiger partial charge in [0.05, 0.1) is 6.54 Å². The normalized spacial score (nSPS) is 10.3. The van der Waals surface area contributed by atoms with E-state index in [2.05, 4.69) is 5.32 Å². The average Bonchev–Trinajstić information content (AvgIpc) is 2.83. The Morgan fingerprint density at radius 2 is 2.10 bits per heavy atom. The molecule has 5 heteroatoms. The number of nitrogens with zero attached hydrogens (tertiary/aromatic N) is 1. The summed E-state index contributed by atoms with van der Waals surface area (Å²) in [4.78, 5) is 14.7. The fourth-order valence-corrected chi connectivity index (χ4v) is 2.76. The van der Waals surface area contributed by atoms with Gasteiger partial charge in [-0.2, -0.15) is 0 Å². The molecular weight excluding hydrogens is 275 g/mol. The summed E-state index contributed by atoms with van der Waals surface area (Å²) < 4.78 is 13.4. The van der Waals surface area contributed by atoms with Crippen LogP contribution in [0, 0.1) is 12.7 Å². The number of halogens is 1. The van der Waals surface area contributed by atoms with Crippen LogP contribution in [0.25, 0.3) is 0 Å². The summed E-state index contributed by atoms with van der Waals surface area (Å²) in [6.45, 7) is 2.78. The van der Waals surface area contributed by atoms with Crippen molar-refractivity contribution in [2.24, 2.45) is 0 Å². The van der Waals surface area contributed by atoms with Crippen LogP contribution in [-0.2, 0) is 13.1 Å². The zero-order valence-electron chi connectivity index (χ0n) is 11.5. The number of carbonyl (C=O) groups excluding carboxylic acids is 1. The number of amides is 2. The molecule has 1 N–H and O–H groups in total. The average molecular weight is 292 g/mol. The Morgan fingerprint density at radius 1 is 1.35 bits per heavy atom. The third-order valence-electron chi connectivity index (χ3n) is 3.08. The molecule has 0 aliphatic rings. The number of urea groups is 1. The van der Waals surface area contributed by atoms with Crippen molar-refractivity contribution in [2.75, 3.05) is 7.05 Å². The molecule has 20 heavy (non-hydrogen) atoms. The van der Waals surface area contributed by atoms with E-state index in [0.717, 1.165) is 4.88 Å². The van der Waals surface area contributed by atoms with E-state index in [1.165, 1.54) is 11.6 Å². The predicted octanol–water partition coefficient (Wildman–Crippen LogP) is 3.54. The van der Waals surface area contributed by atoms with Gasteiger partial charge >= 0.3 is 6.03 Å². The largest absolute Gasteiger partial charge is 0.334 e. The van der Waals surface area contributed by atoms with Crippen LogP contribution in [0.15, 0.2) is 35.7 Å². The molecule has 1 heterocycles. The van der Waals surface area contributed by atoms with Crippen LogP contribution in [-0.4, -0.2) is 18.0 Å². The topological polar surface area (TPSA) is 32.3 Å². The first kappa shape index (κ1) is 14.5. The fraction of sp³-hybridized carbons (Fsp3) is 0.267. The lowest BCUT2D eigenvalue weighted by Crippen LogP contribution is -2.36. The molecule has 0 saturated carbocycles. The highest BCUT2D eigenvalue weighted by molar-refractivity contribution is 7.10. The number of carbonyl (C=O) groups is 1. The maximum atomic E-state index is 13.4. The summed E-state index contributed by atoms with van der Waals surface area (Å²) in [5, 5.41) is 4.73. The van der Waals surface area contributed by atoms with Gasteiger partial charge < -0.3 is 10.2 Å². The zero-order valence-corrected chi connectivity index (χ0v) is 12.3. The number of benzene rings is 1. The second-order valence-corrected chi connectivity index (χ2v) is 5.63. The standard InChI is InChI=1S/C15H17FN2OS/c1-11-7-8-20-14(11)10-18(2)15(19)17-9-12-5-3-4-6-13(12)16/h3-8H,9-10H2,1-2H3,(H,17,19). The number of hydrogen-bond donors (Lipinski definition) is 1. The highest BCUT2D eigenvalue weighted by atomic mass is 32.1. The summed E-state index contributed by atoms with van der Waals surface area (Å²) in [6, 6.07) is 8.26. The minimum Gasteiger partial charge on any atom is -0.334 e. The van der Waals surface area contributed by atoms with Gasteiger partial charge in [0.15, 0.2) is 0 Å². The third-order valence-corrected chi connectivity index (χ3v) is 4.09. The summed E-state index contributed by atoms with van der Waals surface area (Å²) in [7, 11) is 1.73. The van der Waals surface area contributed by atoms with Crippen molar-refractivity contribution >= 4 is 17.4 Å². The molecule has 1 aromatic heterocycles. The van der Waals surface area contributed by atoms with Crippen molar-refractivity contribution in [3.63, 3.8) is 0 Å². The van der Waals surface area contributed by atoms with E-state index >= 15 is 0 Å². The molecule has 1 aromatic carbocycles. The minimum atomic E-state index is -0.301. The summed E-state index contributed by atoms with van der Waals surface area (Å²) in [5.41, 5.74) is 1.67. The number of hydrogen-bond acceptors (Lipinski definition) is 2. The highest BCUT2D eigenvalue weighted by Crippen LogP contribution is 2.17. The van der Waals surface area contributed by atoms with Crippen molar-refractivity contribution in [1.82, 2.24) is 10.2 Å². The van der Waals surface area contributed by atoms with E-state index < -0.39 is 0 Å². The smallest absolute Gasteiger partial charge is 0.317 e. The Balaban J connectivity index is 1.89. The van der Waals surface area contributed by atoms with Gasteiger partial charge in [0.2, 0.25) is 0 Å². The SMILES string of the molecule is Cc1ccsc1CN(C)C(=O)NCc1ccccc1F. The van der Waals surface area contributed by atoms with Crippen molar-refractivity contribution < 1.29 is 9.18 Å². The third kappa shape index (κ3) is 3.57. The molecule has 0 atom stereocenters. The maximum absolute atomic E-state index is 13.4. The number of nitrogens with one attached hydrogen (secondary N) is 1. The van der Waals surface area contributed by atoms with E-state index in [4.69, 9.17) is 0 Å². The number of thiophene rings is 1. The van der Waals surface area contributed by atoms with Gasteiger partial charge in [-0.1, -0.05) is 18.2 Å². The second-order valence-electron chi connectivity index (χ2n) is 4.63. The molecule has 3 nitrogen and oxygen atoms in total. The Kier molecular flexibility index (Phi) is 4.74. The second kappa shape index (κ2) is 6.52. The molecule has 2 rings (SSSR count). The maximum Gasteiger partial charge on any atom is 0.317 e. The van der Waals surface area contributed by atoms with Gasteiger partial charge in [0, 0.05) is 24.0 Å². The monoisotopic (exact) mass is 292 g/mol. The number of rotatable bonds is 4. The highest BCUT2D eigenvalue weighted by Gasteiger charge is 2.11. The van der Waals surface area contributed by atoms with E-state index in [-0.39, 0.29) is 18.4 Å². The van der Waals surface area contributed by atoms with Gasteiger partial charge in [0.1, 0.15) is 5.82 Å². The van der Waals surface area contributed by atoms with Crippen molar-refractivity contribution in [3.05, 3.63) is 57.5 Å². The lowest BCUT2D eigenvalue weighted by Gasteiger charge is -2.18. The Bertz CT molecular complexity index is 597. The van der Waals surface area contributed by atoms with Crippen molar-refractivity contribution in [1.29, 1.82) is 0 Å². The molecule has 0 spiro atoms. The minimum absolute atomic E-state index is 0.194. The molecule has 2 amide bonds. The van der Waals surface area contributed by atoms with Crippen molar-refractivity contribution in [3.8, 4) is 0 Å². The van der Waals surface area contributed by atoms with Gasteiger partial charge in [0.25, 0.3) is 0 Å². The first-order valence-corrected chi connectivity index (χ1v) is 7.21. The molecule has 0 saturated heterocycles. The van der Waals surface area contributed by atoms with Crippen molar-refractivity contribution in [2.45, 2.75) is 20.0 Å². The van der Waals surface area contributed by atoms with E-state index in [1.54, 1.807) is 41.5 Å². The van der Waals surface area contributed by atoms with Crippen LogP contribution in [0.4, 0.5) is 9.18 Å². The predicted molar refractivity (Wildman–Crippen MR) is 79.2 cm³/mol. The van der Waals surface area contributed by atoms with E-state index in [9.17, 15) is 9.18 Å². The van der Waals surface area contributed by atoms with Crippen LogP contribution in [0.3, 0.4) is 0 Å². The van der Waals surface area contributed by atoms with Crippen LogP contribution in [0.1, 0.15) is 16.0 Å². The number of aryl methyl sites for hydroxylation is 1. The van der Waals surface area contributed by atoms with Gasteiger partial charge in [-0.05, 0) is 30.0 Å². The molecule has 0 aliphatic carbocycles. The zero-order chi connectivity index (χ0) is 14.5. The first-order chi connectivity index (χ1) is 9.58. The van der Waals surface area contributed by atoms with Crippen LogP contribution in [0.2, 0.25) is 0 Å². The van der Waals surface area contributed by atoms with Gasteiger partial charge in [-0.3, -0.25) is 0 Å². The fourth-order valence-electron chi connectivity index (χ4n) is 1.80. The summed E-state index contributed by atoms with van der Waals surface area (Å²) >= 11 is 1.63. The molecule has 0 aliphatic heterocycles. The molecule has 106 valence electrons. The van der Waals surface area contributed by atoms with Gasteiger partial charge in [-0.25, -0.2) is 9.18 Å². The summed E-state index contributed by atoms with van der Waals surface area (Å²) in [5.74, 6) is -0.301. The first-order valence-electron chi connectivity index (χ1n) is 6.33. The van der Waals surface area contributed by atoms with E-state index in [1.807, 2.05) is 18.4 Å². The van der Waals surface area contributed by atoms with Crippen LogP contribution >= 0.6 is 11.3 Å². The lowest BCUT2D eigenvalue weighted by atomic mass is 10.2. The van der Waals surface area contributed by atoms with E-state index in [0.29, 0.717) is 12.1 Å². The van der Waals surface area contributed by atoms with Crippen LogP contribution in [0.5, 0.6) is 0 Å². The molecule has 0 bridgehead atoms. The van der Waals surface area contributed by atoms with Crippen LogP contribution < -0.4 is 5.32 Å². The molecular formula is C15H17FN2OS. The lowest BCUT2D eigenvalue weighted by molar-refractivity contribution is 0.206. The quantitative estimate of drug-likeness (QED) is 0.918. The van der Waals surface area contributed by atoms with Gasteiger partial charge in [-0.15, -0.1) is 11.3 Å². The summed E-state index contributed by atoms with van der Waals surface area (Å²) in [6.07, 6.45) is 0. The Labute approximate surface area is 122 Å².